The van der Waals surface area contributed by atoms with Crippen LogP contribution in [0.5, 0.6) is 0 Å². The highest BCUT2D eigenvalue weighted by atomic mass is 32.2. The fraction of sp³-hybridized carbons (Fsp3) is 0.846. The van der Waals surface area contributed by atoms with Gasteiger partial charge in [-0.2, -0.15) is 11.8 Å². The normalized spacial score (nSPS) is 25.5. The van der Waals surface area contributed by atoms with Gasteiger partial charge in [-0.15, -0.1) is 0 Å². The first-order valence-electron chi connectivity index (χ1n) is 7.02. The van der Waals surface area contributed by atoms with Crippen LogP contribution >= 0.6 is 11.8 Å². The van der Waals surface area contributed by atoms with Gasteiger partial charge in [0.15, 0.2) is 0 Å². The smallest absolute Gasteiger partial charge is 0.245 e. The van der Waals surface area contributed by atoms with Crippen LogP contribution in [-0.4, -0.2) is 65.3 Å². The number of rotatable bonds is 3. The molecule has 108 valence electrons. The number of nitrogens with zero attached hydrogens (tertiary/aromatic N) is 2. The third-order valence-corrected chi connectivity index (χ3v) is 4.86. The van der Waals surface area contributed by atoms with E-state index in [0.29, 0.717) is 13.1 Å². The van der Waals surface area contributed by atoms with Gasteiger partial charge in [0, 0.05) is 43.6 Å². The van der Waals surface area contributed by atoms with E-state index in [1.807, 2.05) is 23.6 Å². The van der Waals surface area contributed by atoms with E-state index < -0.39 is 0 Å². The summed E-state index contributed by atoms with van der Waals surface area (Å²) in [7, 11) is 0. The summed E-state index contributed by atoms with van der Waals surface area (Å²) in [6.45, 7) is 4.50. The van der Waals surface area contributed by atoms with E-state index in [9.17, 15) is 9.59 Å². The van der Waals surface area contributed by atoms with Gasteiger partial charge < -0.3 is 15.5 Å². The summed E-state index contributed by atoms with van der Waals surface area (Å²) in [6.07, 6.45) is 1.72. The van der Waals surface area contributed by atoms with Crippen LogP contribution in [0.3, 0.4) is 0 Å². The quantitative estimate of drug-likeness (QED) is 0.801. The van der Waals surface area contributed by atoms with Gasteiger partial charge in [0.25, 0.3) is 0 Å². The lowest BCUT2D eigenvalue weighted by Crippen LogP contribution is -2.51. The summed E-state index contributed by atoms with van der Waals surface area (Å²) in [5, 5.41) is 0. The van der Waals surface area contributed by atoms with Gasteiger partial charge in [-0.3, -0.25) is 9.59 Å². The van der Waals surface area contributed by atoms with Crippen LogP contribution in [0.4, 0.5) is 0 Å². The fourth-order valence-electron chi connectivity index (χ4n) is 2.67. The van der Waals surface area contributed by atoms with Gasteiger partial charge in [0.1, 0.15) is 6.04 Å². The molecular formula is C13H23N3O2S. The Balaban J connectivity index is 2.01. The lowest BCUT2D eigenvalue weighted by Gasteiger charge is -2.33. The maximum Gasteiger partial charge on any atom is 0.245 e. The zero-order valence-corrected chi connectivity index (χ0v) is 12.3. The van der Waals surface area contributed by atoms with Crippen LogP contribution in [0.2, 0.25) is 0 Å². The molecule has 2 saturated heterocycles. The number of likely N-dealkylation sites (tertiary alicyclic amines) is 1. The molecule has 0 radical (unpaired) electrons. The molecular weight excluding hydrogens is 262 g/mol. The van der Waals surface area contributed by atoms with Crippen molar-refractivity contribution in [3.63, 3.8) is 0 Å². The lowest BCUT2D eigenvalue weighted by molar-refractivity contribution is -0.145. The van der Waals surface area contributed by atoms with Gasteiger partial charge in [-0.1, -0.05) is 6.92 Å². The monoisotopic (exact) mass is 285 g/mol. The second-order valence-electron chi connectivity index (χ2n) is 5.26. The van der Waals surface area contributed by atoms with Crippen molar-refractivity contribution in [3.05, 3.63) is 0 Å². The first-order chi connectivity index (χ1) is 9.15. The molecule has 6 heteroatoms. The Morgan fingerprint density at radius 1 is 1.32 bits per heavy atom. The first kappa shape index (κ1) is 14.7. The minimum Gasteiger partial charge on any atom is -0.339 e. The highest BCUT2D eigenvalue weighted by molar-refractivity contribution is 7.99. The molecule has 2 fully saturated rings. The van der Waals surface area contributed by atoms with Crippen LogP contribution in [0.15, 0.2) is 0 Å². The molecule has 19 heavy (non-hydrogen) atoms. The Hall–Kier alpha value is -0.750. The molecule has 0 aliphatic carbocycles. The standard InChI is InChI=1S/C13H23N3O2S/c1-10(9-14)12(17)16-4-2-3-11(16)13(18)15-5-7-19-8-6-15/h10-11H,2-9,14H2,1H3. The molecule has 0 aromatic rings. The molecule has 2 heterocycles. The Labute approximate surface area is 118 Å². The van der Waals surface area contributed by atoms with Gasteiger partial charge in [-0.25, -0.2) is 0 Å². The zero-order valence-electron chi connectivity index (χ0n) is 11.5. The summed E-state index contributed by atoms with van der Waals surface area (Å²) < 4.78 is 0. The van der Waals surface area contributed by atoms with Gasteiger partial charge in [0.05, 0.1) is 0 Å². The molecule has 2 amide bonds. The molecule has 0 spiro atoms. The summed E-state index contributed by atoms with van der Waals surface area (Å²) in [5.74, 6) is 1.99. The van der Waals surface area contributed by atoms with Crippen molar-refractivity contribution in [1.82, 2.24) is 9.80 Å². The summed E-state index contributed by atoms with van der Waals surface area (Å²) in [6, 6.07) is -0.246. The Kier molecular flexibility index (Phi) is 5.10. The van der Waals surface area contributed by atoms with E-state index in [-0.39, 0.29) is 23.8 Å². The number of hydrogen-bond acceptors (Lipinski definition) is 4. The second-order valence-corrected chi connectivity index (χ2v) is 6.49. The van der Waals surface area contributed by atoms with Crippen LogP contribution < -0.4 is 5.73 Å². The maximum absolute atomic E-state index is 12.5. The van der Waals surface area contributed by atoms with E-state index in [0.717, 1.165) is 37.4 Å². The number of nitrogens with two attached hydrogens (primary N) is 1. The third-order valence-electron chi connectivity index (χ3n) is 3.92. The van der Waals surface area contributed by atoms with Crippen molar-refractivity contribution in [2.45, 2.75) is 25.8 Å². The average molecular weight is 285 g/mol. The molecule has 5 nitrogen and oxygen atoms in total. The van der Waals surface area contributed by atoms with Crippen molar-refractivity contribution in [2.75, 3.05) is 37.7 Å². The zero-order chi connectivity index (χ0) is 13.8. The predicted octanol–water partition coefficient (Wildman–Crippen LogP) is 0.148. The van der Waals surface area contributed by atoms with Crippen molar-refractivity contribution in [2.24, 2.45) is 11.7 Å². The molecule has 0 aromatic heterocycles. The van der Waals surface area contributed by atoms with E-state index in [2.05, 4.69) is 0 Å². The number of hydrogen-bond donors (Lipinski definition) is 1. The molecule has 0 saturated carbocycles. The van der Waals surface area contributed by atoms with Gasteiger partial charge in [-0.05, 0) is 12.8 Å². The molecule has 2 N–H and O–H groups in total. The molecule has 2 atom stereocenters. The summed E-state index contributed by atoms with van der Waals surface area (Å²) in [5.41, 5.74) is 5.56. The molecule has 0 aromatic carbocycles. The summed E-state index contributed by atoms with van der Waals surface area (Å²) in [4.78, 5) is 28.4. The van der Waals surface area contributed by atoms with Crippen LogP contribution in [0.1, 0.15) is 19.8 Å². The summed E-state index contributed by atoms with van der Waals surface area (Å²) >= 11 is 1.88. The first-order valence-corrected chi connectivity index (χ1v) is 8.17. The van der Waals surface area contributed by atoms with E-state index in [1.165, 1.54) is 0 Å². The number of amides is 2. The SMILES string of the molecule is CC(CN)C(=O)N1CCCC1C(=O)N1CCSCC1. The number of carbonyl (C=O) groups excluding carboxylic acids is 2. The van der Waals surface area contributed by atoms with Crippen LogP contribution in [0.25, 0.3) is 0 Å². The molecule has 2 aliphatic rings. The Bertz CT molecular complexity index is 345. The predicted molar refractivity (Wildman–Crippen MR) is 76.9 cm³/mol. The Morgan fingerprint density at radius 2 is 2.00 bits per heavy atom. The van der Waals surface area contributed by atoms with Crippen molar-refractivity contribution in [1.29, 1.82) is 0 Å². The molecule has 0 bridgehead atoms. The Morgan fingerprint density at radius 3 is 2.63 bits per heavy atom. The largest absolute Gasteiger partial charge is 0.339 e. The highest BCUT2D eigenvalue weighted by Gasteiger charge is 2.37. The van der Waals surface area contributed by atoms with Crippen LogP contribution in [0, 0.1) is 5.92 Å². The highest BCUT2D eigenvalue weighted by Crippen LogP contribution is 2.22. The van der Waals surface area contributed by atoms with Crippen molar-refractivity contribution < 1.29 is 9.59 Å². The van der Waals surface area contributed by atoms with Gasteiger partial charge in [0.2, 0.25) is 11.8 Å². The average Bonchev–Trinajstić information content (AvgIpc) is 2.95. The lowest BCUT2D eigenvalue weighted by atomic mass is 10.1. The van der Waals surface area contributed by atoms with Crippen LogP contribution in [-0.2, 0) is 9.59 Å². The van der Waals surface area contributed by atoms with Crippen molar-refractivity contribution in [3.8, 4) is 0 Å². The van der Waals surface area contributed by atoms with E-state index >= 15 is 0 Å². The number of thioether (sulfide) groups is 1. The van der Waals surface area contributed by atoms with E-state index in [1.54, 1.807) is 4.90 Å². The van der Waals surface area contributed by atoms with E-state index in [4.69, 9.17) is 5.73 Å². The van der Waals surface area contributed by atoms with Crippen molar-refractivity contribution >= 4 is 23.6 Å². The maximum atomic E-state index is 12.5. The van der Waals surface area contributed by atoms with Gasteiger partial charge >= 0.3 is 0 Å². The topological polar surface area (TPSA) is 66.6 Å². The molecule has 2 aliphatic heterocycles. The fourth-order valence-corrected chi connectivity index (χ4v) is 3.57. The number of carbonyl (C=O) groups is 2. The molecule has 2 rings (SSSR count). The molecule has 2 unspecified atom stereocenters. The minimum absolute atomic E-state index is 0.0322. The third kappa shape index (κ3) is 3.23. The second kappa shape index (κ2) is 6.61. The minimum atomic E-state index is -0.246.